The molecule has 4 heteroatoms. The van der Waals surface area contributed by atoms with Gasteiger partial charge >= 0.3 is 0 Å². The molecule has 0 aliphatic heterocycles. The van der Waals surface area contributed by atoms with Gasteiger partial charge in [0.15, 0.2) is 0 Å². The van der Waals surface area contributed by atoms with Crippen LogP contribution in [0.5, 0.6) is 11.6 Å². The Balaban J connectivity index is 2.50. The average Bonchev–Trinajstić information content (AvgIpc) is 2.33. The molecule has 0 saturated heterocycles. The molecule has 106 valence electrons. The van der Waals surface area contributed by atoms with Crippen LogP contribution in [0.25, 0.3) is 0 Å². The molecule has 1 aromatic heterocycles. The number of benzene rings is 1. The molecule has 2 aromatic rings. The van der Waals surface area contributed by atoms with Gasteiger partial charge in [-0.3, -0.25) is 0 Å². The summed E-state index contributed by atoms with van der Waals surface area (Å²) in [6, 6.07) is 5.64. The predicted octanol–water partition coefficient (Wildman–Crippen LogP) is 4.25. The topological polar surface area (TPSA) is 42.4 Å². The number of aliphatic hydroxyl groups is 1. The first-order valence-electron chi connectivity index (χ1n) is 6.45. The zero-order chi connectivity index (χ0) is 14.9. The first kappa shape index (κ1) is 14.8. The predicted molar refractivity (Wildman–Crippen MR) is 80.6 cm³/mol. The second-order valence-electron chi connectivity index (χ2n) is 4.99. The highest BCUT2D eigenvalue weighted by Crippen LogP contribution is 2.33. The molecule has 0 aliphatic carbocycles. The molecule has 1 heterocycles. The molecule has 0 spiro atoms. The van der Waals surface area contributed by atoms with E-state index in [1.807, 2.05) is 45.9 Å². The maximum absolute atomic E-state index is 9.51. The lowest BCUT2D eigenvalue weighted by Gasteiger charge is -2.15. The van der Waals surface area contributed by atoms with Gasteiger partial charge in [0.25, 0.3) is 0 Å². The standard InChI is InChI=1S/C16H18ClNO2/c1-9-5-12(4)18-16(14(9)8-19)20-15-10(2)6-13(17)7-11(15)3/h5-7,19H,8H2,1-4H3. The maximum Gasteiger partial charge on any atom is 0.225 e. The van der Waals surface area contributed by atoms with Gasteiger partial charge in [-0.2, -0.15) is 0 Å². The van der Waals surface area contributed by atoms with Crippen molar-refractivity contribution in [2.45, 2.75) is 34.3 Å². The van der Waals surface area contributed by atoms with Gasteiger partial charge in [-0.05, 0) is 62.6 Å². The normalized spacial score (nSPS) is 10.7. The minimum Gasteiger partial charge on any atom is -0.438 e. The summed E-state index contributed by atoms with van der Waals surface area (Å²) >= 11 is 6.02. The lowest BCUT2D eigenvalue weighted by Crippen LogP contribution is -2.01. The van der Waals surface area contributed by atoms with E-state index in [1.165, 1.54) is 0 Å². The summed E-state index contributed by atoms with van der Waals surface area (Å²) in [5.74, 6) is 1.19. The summed E-state index contributed by atoms with van der Waals surface area (Å²) < 4.78 is 5.95. The van der Waals surface area contributed by atoms with Crippen LogP contribution in [-0.4, -0.2) is 10.1 Å². The molecule has 1 aromatic carbocycles. The number of aromatic nitrogens is 1. The van der Waals surface area contributed by atoms with Gasteiger partial charge in [-0.25, -0.2) is 4.98 Å². The number of hydrogen-bond donors (Lipinski definition) is 1. The van der Waals surface area contributed by atoms with E-state index in [0.29, 0.717) is 16.5 Å². The van der Waals surface area contributed by atoms with Crippen LogP contribution >= 0.6 is 11.6 Å². The van der Waals surface area contributed by atoms with Crippen LogP contribution in [0.4, 0.5) is 0 Å². The molecule has 20 heavy (non-hydrogen) atoms. The second kappa shape index (κ2) is 5.81. The third kappa shape index (κ3) is 2.94. The molecule has 1 N–H and O–H groups in total. The first-order valence-corrected chi connectivity index (χ1v) is 6.82. The number of pyridine rings is 1. The fourth-order valence-electron chi connectivity index (χ4n) is 2.26. The lowest BCUT2D eigenvalue weighted by molar-refractivity contribution is 0.274. The Kier molecular flexibility index (Phi) is 4.31. The van der Waals surface area contributed by atoms with Gasteiger partial charge in [0.1, 0.15) is 5.75 Å². The van der Waals surface area contributed by atoms with Crippen LogP contribution in [0.3, 0.4) is 0 Å². The second-order valence-corrected chi connectivity index (χ2v) is 5.43. The van der Waals surface area contributed by atoms with E-state index >= 15 is 0 Å². The van der Waals surface area contributed by atoms with Crippen LogP contribution in [-0.2, 0) is 6.61 Å². The van der Waals surface area contributed by atoms with Crippen molar-refractivity contribution in [1.82, 2.24) is 4.98 Å². The van der Waals surface area contributed by atoms with E-state index in [1.54, 1.807) is 0 Å². The molecule has 0 atom stereocenters. The van der Waals surface area contributed by atoms with Crippen LogP contribution in [0.1, 0.15) is 27.9 Å². The third-order valence-corrected chi connectivity index (χ3v) is 3.44. The van der Waals surface area contributed by atoms with Crippen molar-refractivity contribution in [3.8, 4) is 11.6 Å². The van der Waals surface area contributed by atoms with Crippen molar-refractivity contribution < 1.29 is 9.84 Å². The molecular formula is C16H18ClNO2. The number of halogens is 1. The zero-order valence-corrected chi connectivity index (χ0v) is 12.9. The minimum absolute atomic E-state index is 0.0971. The molecule has 0 fully saturated rings. The lowest BCUT2D eigenvalue weighted by atomic mass is 10.1. The quantitative estimate of drug-likeness (QED) is 0.919. The molecule has 0 amide bonds. The maximum atomic E-state index is 9.51. The van der Waals surface area contributed by atoms with Gasteiger partial charge < -0.3 is 9.84 Å². The highest BCUT2D eigenvalue weighted by Gasteiger charge is 2.13. The summed E-state index contributed by atoms with van der Waals surface area (Å²) in [4.78, 5) is 4.39. The molecule has 0 radical (unpaired) electrons. The Bertz CT molecular complexity index is 630. The number of rotatable bonds is 3. The van der Waals surface area contributed by atoms with Gasteiger partial charge in [0, 0.05) is 16.3 Å². The Hall–Kier alpha value is -1.58. The molecular weight excluding hydrogens is 274 g/mol. The third-order valence-electron chi connectivity index (χ3n) is 3.22. The summed E-state index contributed by atoms with van der Waals surface area (Å²) in [5, 5.41) is 10.2. The van der Waals surface area contributed by atoms with Crippen molar-refractivity contribution in [3.63, 3.8) is 0 Å². The van der Waals surface area contributed by atoms with Crippen molar-refractivity contribution in [1.29, 1.82) is 0 Å². The van der Waals surface area contributed by atoms with Gasteiger partial charge in [0.05, 0.1) is 6.61 Å². The Morgan fingerprint density at radius 3 is 2.20 bits per heavy atom. The Morgan fingerprint density at radius 1 is 1.05 bits per heavy atom. The summed E-state index contributed by atoms with van der Waals surface area (Å²) in [6.07, 6.45) is 0. The number of nitrogens with zero attached hydrogens (tertiary/aromatic N) is 1. The first-order chi connectivity index (χ1) is 9.42. The van der Waals surface area contributed by atoms with E-state index in [-0.39, 0.29) is 6.61 Å². The SMILES string of the molecule is Cc1cc(C)c(CO)c(Oc2c(C)cc(Cl)cc2C)n1. The van der Waals surface area contributed by atoms with Crippen molar-refractivity contribution in [3.05, 3.63) is 51.2 Å². The number of hydrogen-bond acceptors (Lipinski definition) is 3. The molecule has 2 rings (SSSR count). The molecule has 0 saturated carbocycles. The monoisotopic (exact) mass is 291 g/mol. The van der Waals surface area contributed by atoms with Gasteiger partial charge in [-0.15, -0.1) is 0 Å². The van der Waals surface area contributed by atoms with Crippen molar-refractivity contribution in [2.75, 3.05) is 0 Å². The minimum atomic E-state index is -0.0971. The highest BCUT2D eigenvalue weighted by atomic mass is 35.5. The average molecular weight is 292 g/mol. The van der Waals surface area contributed by atoms with Crippen LogP contribution in [0, 0.1) is 27.7 Å². The van der Waals surface area contributed by atoms with Crippen molar-refractivity contribution >= 4 is 11.6 Å². The number of aliphatic hydroxyl groups excluding tert-OH is 1. The molecule has 3 nitrogen and oxygen atoms in total. The van der Waals surface area contributed by atoms with Crippen LogP contribution in [0.2, 0.25) is 5.02 Å². The van der Waals surface area contributed by atoms with E-state index in [0.717, 1.165) is 28.1 Å². The molecule has 0 aliphatic rings. The van der Waals surface area contributed by atoms with Gasteiger partial charge in [-0.1, -0.05) is 11.6 Å². The summed E-state index contributed by atoms with van der Waals surface area (Å²) in [7, 11) is 0. The Morgan fingerprint density at radius 2 is 1.65 bits per heavy atom. The summed E-state index contributed by atoms with van der Waals surface area (Å²) in [6.45, 7) is 7.63. The largest absolute Gasteiger partial charge is 0.438 e. The zero-order valence-electron chi connectivity index (χ0n) is 12.1. The smallest absolute Gasteiger partial charge is 0.225 e. The van der Waals surface area contributed by atoms with E-state index < -0.39 is 0 Å². The Labute approximate surface area is 124 Å². The number of ether oxygens (including phenoxy) is 1. The molecule has 0 bridgehead atoms. The van der Waals surface area contributed by atoms with E-state index in [9.17, 15) is 5.11 Å². The fraction of sp³-hybridized carbons (Fsp3) is 0.312. The van der Waals surface area contributed by atoms with E-state index in [4.69, 9.17) is 16.3 Å². The van der Waals surface area contributed by atoms with Crippen LogP contribution in [0.15, 0.2) is 18.2 Å². The fourth-order valence-corrected chi connectivity index (χ4v) is 2.59. The van der Waals surface area contributed by atoms with Gasteiger partial charge in [0.2, 0.25) is 5.88 Å². The van der Waals surface area contributed by atoms with Crippen LogP contribution < -0.4 is 4.74 Å². The van der Waals surface area contributed by atoms with E-state index in [2.05, 4.69) is 4.98 Å². The summed E-state index contributed by atoms with van der Waals surface area (Å²) in [5.41, 5.74) is 4.43. The number of aryl methyl sites for hydroxylation is 4. The highest BCUT2D eigenvalue weighted by molar-refractivity contribution is 6.30. The molecule has 0 unspecified atom stereocenters. The van der Waals surface area contributed by atoms with Crippen molar-refractivity contribution in [2.24, 2.45) is 0 Å².